The maximum atomic E-state index is 6.19. The summed E-state index contributed by atoms with van der Waals surface area (Å²) in [6.45, 7) is 7.64. The predicted octanol–water partition coefficient (Wildman–Crippen LogP) is 3.36. The van der Waals surface area contributed by atoms with Gasteiger partial charge >= 0.3 is 0 Å². The fourth-order valence-electron chi connectivity index (χ4n) is 2.57. The minimum atomic E-state index is 0.520. The average Bonchev–Trinajstić information content (AvgIpc) is 2.94. The van der Waals surface area contributed by atoms with Crippen molar-refractivity contribution in [1.29, 1.82) is 0 Å². The topological polar surface area (TPSA) is 30.7 Å². The minimum absolute atomic E-state index is 0.520. The van der Waals surface area contributed by atoms with Gasteiger partial charge in [0.25, 0.3) is 0 Å². The third kappa shape index (κ3) is 1.64. The Morgan fingerprint density at radius 2 is 2.18 bits per heavy atom. The molecule has 0 aliphatic heterocycles. The van der Waals surface area contributed by atoms with Crippen LogP contribution < -0.4 is 0 Å². The van der Waals surface area contributed by atoms with Gasteiger partial charge in [0.05, 0.1) is 11.7 Å². The number of hydrogen-bond donors (Lipinski definition) is 0. The van der Waals surface area contributed by atoms with E-state index >= 15 is 0 Å². The maximum Gasteiger partial charge on any atom is 0.175 e. The van der Waals surface area contributed by atoms with Gasteiger partial charge in [-0.15, -0.1) is 5.10 Å². The summed E-state index contributed by atoms with van der Waals surface area (Å²) in [7, 11) is 0. The van der Waals surface area contributed by atoms with Gasteiger partial charge in [0.1, 0.15) is 0 Å². The van der Waals surface area contributed by atoms with Crippen molar-refractivity contribution in [1.82, 2.24) is 14.8 Å². The van der Waals surface area contributed by atoms with E-state index < -0.39 is 0 Å². The fourth-order valence-corrected chi connectivity index (χ4v) is 2.82. The van der Waals surface area contributed by atoms with Gasteiger partial charge in [-0.3, -0.25) is 0 Å². The zero-order valence-electron chi connectivity index (χ0n) is 10.4. The van der Waals surface area contributed by atoms with Crippen molar-refractivity contribution in [2.45, 2.75) is 33.7 Å². The summed E-state index contributed by atoms with van der Waals surface area (Å²) in [4.78, 5) is 0. The SMILES string of the molecule is Cc1c(C)n(C[C@H]2C[C@@H]2C)c2c(Cl)nncc12. The van der Waals surface area contributed by atoms with Crippen molar-refractivity contribution < 1.29 is 0 Å². The lowest BCUT2D eigenvalue weighted by molar-refractivity contribution is 0.597. The smallest absolute Gasteiger partial charge is 0.175 e. The van der Waals surface area contributed by atoms with Gasteiger partial charge in [0.2, 0.25) is 0 Å². The van der Waals surface area contributed by atoms with Gasteiger partial charge in [-0.2, -0.15) is 5.10 Å². The normalized spacial score (nSPS) is 23.3. The number of aromatic nitrogens is 3. The molecule has 0 spiro atoms. The van der Waals surface area contributed by atoms with Crippen molar-refractivity contribution >= 4 is 22.5 Å². The molecule has 0 N–H and O–H groups in total. The van der Waals surface area contributed by atoms with Gasteiger partial charge in [-0.1, -0.05) is 18.5 Å². The molecule has 1 saturated carbocycles. The van der Waals surface area contributed by atoms with E-state index in [2.05, 4.69) is 35.5 Å². The van der Waals surface area contributed by atoms with E-state index in [0.29, 0.717) is 5.15 Å². The van der Waals surface area contributed by atoms with E-state index in [1.165, 1.54) is 17.7 Å². The van der Waals surface area contributed by atoms with Crippen LogP contribution >= 0.6 is 11.6 Å². The minimum Gasteiger partial charge on any atom is -0.342 e. The molecule has 1 fully saturated rings. The van der Waals surface area contributed by atoms with E-state index in [-0.39, 0.29) is 0 Å². The Hall–Kier alpha value is -1.09. The summed E-state index contributed by atoms with van der Waals surface area (Å²) >= 11 is 6.19. The second-order valence-corrected chi connectivity index (χ2v) is 5.55. The van der Waals surface area contributed by atoms with Crippen LogP contribution in [0.4, 0.5) is 0 Å². The first kappa shape index (κ1) is 11.0. The van der Waals surface area contributed by atoms with Crippen LogP contribution in [-0.4, -0.2) is 14.8 Å². The Balaban J connectivity index is 2.18. The van der Waals surface area contributed by atoms with Gasteiger partial charge < -0.3 is 4.57 Å². The van der Waals surface area contributed by atoms with Crippen LogP contribution in [0.25, 0.3) is 10.9 Å². The van der Waals surface area contributed by atoms with Crippen LogP contribution in [0.5, 0.6) is 0 Å². The zero-order chi connectivity index (χ0) is 12.2. The first-order chi connectivity index (χ1) is 8.09. The molecule has 3 nitrogen and oxygen atoms in total. The van der Waals surface area contributed by atoms with Gasteiger partial charge in [0.15, 0.2) is 5.15 Å². The largest absolute Gasteiger partial charge is 0.342 e. The van der Waals surface area contributed by atoms with Crippen molar-refractivity contribution in [3.05, 3.63) is 22.6 Å². The molecule has 0 amide bonds. The number of fused-ring (bicyclic) bond motifs is 1. The lowest BCUT2D eigenvalue weighted by Crippen LogP contribution is -2.03. The highest BCUT2D eigenvalue weighted by atomic mass is 35.5. The number of nitrogens with zero attached hydrogens (tertiary/aromatic N) is 3. The Bertz CT molecular complexity index is 588. The monoisotopic (exact) mass is 249 g/mol. The van der Waals surface area contributed by atoms with Crippen molar-refractivity contribution in [2.75, 3.05) is 0 Å². The first-order valence-electron chi connectivity index (χ1n) is 6.06. The maximum absolute atomic E-state index is 6.19. The summed E-state index contributed by atoms with van der Waals surface area (Å²) in [5, 5.41) is 9.56. The molecule has 3 rings (SSSR count). The molecule has 1 aliphatic rings. The molecule has 90 valence electrons. The number of hydrogen-bond acceptors (Lipinski definition) is 2. The molecule has 0 radical (unpaired) electrons. The molecule has 0 bridgehead atoms. The van der Waals surface area contributed by atoms with Gasteiger partial charge in [-0.25, -0.2) is 0 Å². The predicted molar refractivity (Wildman–Crippen MR) is 69.3 cm³/mol. The number of halogens is 1. The highest BCUT2D eigenvalue weighted by molar-refractivity contribution is 6.33. The lowest BCUT2D eigenvalue weighted by atomic mass is 10.2. The standard InChI is InChI=1S/C13H16ClN3/c1-7-4-10(7)6-17-9(3)8(2)11-5-15-16-13(14)12(11)17/h5,7,10H,4,6H2,1-3H3/t7-,10+/m0/s1. The molecule has 2 aromatic rings. The summed E-state index contributed by atoms with van der Waals surface area (Å²) in [6, 6.07) is 0. The van der Waals surface area contributed by atoms with Crippen molar-refractivity contribution in [3.8, 4) is 0 Å². The van der Waals surface area contributed by atoms with E-state index in [0.717, 1.165) is 29.3 Å². The fraction of sp³-hybridized carbons (Fsp3) is 0.538. The highest BCUT2D eigenvalue weighted by Crippen LogP contribution is 2.41. The molecule has 2 atom stereocenters. The lowest BCUT2D eigenvalue weighted by Gasteiger charge is -2.08. The van der Waals surface area contributed by atoms with Crippen molar-refractivity contribution in [3.63, 3.8) is 0 Å². The van der Waals surface area contributed by atoms with Gasteiger partial charge in [-0.05, 0) is 37.7 Å². The van der Waals surface area contributed by atoms with Gasteiger partial charge in [0, 0.05) is 17.6 Å². The van der Waals surface area contributed by atoms with E-state index in [1.54, 1.807) is 0 Å². The number of aryl methyl sites for hydroxylation is 1. The van der Waals surface area contributed by atoms with Crippen molar-refractivity contribution in [2.24, 2.45) is 11.8 Å². The molecular formula is C13H16ClN3. The highest BCUT2D eigenvalue weighted by Gasteiger charge is 2.33. The first-order valence-corrected chi connectivity index (χ1v) is 6.44. The van der Waals surface area contributed by atoms with Crippen LogP contribution in [0.1, 0.15) is 24.6 Å². The summed E-state index contributed by atoms with van der Waals surface area (Å²) in [6.07, 6.45) is 3.14. The Morgan fingerprint density at radius 1 is 1.47 bits per heavy atom. The third-order valence-electron chi connectivity index (χ3n) is 4.10. The van der Waals surface area contributed by atoms with Crippen LogP contribution in [0, 0.1) is 25.7 Å². The molecule has 2 heterocycles. The Labute approximate surface area is 106 Å². The summed E-state index contributed by atoms with van der Waals surface area (Å²) in [5.41, 5.74) is 3.61. The second kappa shape index (κ2) is 3.70. The van der Waals surface area contributed by atoms with Crippen LogP contribution in [-0.2, 0) is 6.54 Å². The molecule has 1 aliphatic carbocycles. The summed E-state index contributed by atoms with van der Waals surface area (Å²) in [5.74, 6) is 1.65. The second-order valence-electron chi connectivity index (χ2n) is 5.19. The Morgan fingerprint density at radius 3 is 2.82 bits per heavy atom. The summed E-state index contributed by atoms with van der Waals surface area (Å²) < 4.78 is 2.32. The molecule has 17 heavy (non-hydrogen) atoms. The molecule has 2 aromatic heterocycles. The molecular weight excluding hydrogens is 234 g/mol. The average molecular weight is 250 g/mol. The van der Waals surface area contributed by atoms with Crippen LogP contribution in [0.3, 0.4) is 0 Å². The number of rotatable bonds is 2. The van der Waals surface area contributed by atoms with E-state index in [1.807, 2.05) is 6.20 Å². The molecule has 0 aromatic carbocycles. The molecule has 4 heteroatoms. The van der Waals surface area contributed by atoms with E-state index in [4.69, 9.17) is 11.6 Å². The van der Waals surface area contributed by atoms with Crippen LogP contribution in [0.15, 0.2) is 6.20 Å². The third-order valence-corrected chi connectivity index (χ3v) is 4.35. The van der Waals surface area contributed by atoms with Crippen LogP contribution in [0.2, 0.25) is 5.15 Å². The Kier molecular flexibility index (Phi) is 2.40. The van der Waals surface area contributed by atoms with E-state index in [9.17, 15) is 0 Å². The molecule has 0 saturated heterocycles. The quantitative estimate of drug-likeness (QED) is 0.817. The molecule has 0 unspecified atom stereocenters. The zero-order valence-corrected chi connectivity index (χ0v) is 11.1.